The molecule has 12 heteroatoms. The van der Waals surface area contributed by atoms with E-state index in [0.29, 0.717) is 9.55 Å². The van der Waals surface area contributed by atoms with Crippen LogP contribution in [0, 0.1) is 5.82 Å². The molecule has 1 saturated heterocycles. The van der Waals surface area contributed by atoms with Crippen molar-refractivity contribution in [3.05, 3.63) is 35.6 Å². The Morgan fingerprint density at radius 2 is 1.97 bits per heavy atom. The summed E-state index contributed by atoms with van der Waals surface area (Å²) in [5, 5.41) is 30.0. The highest BCUT2D eigenvalue weighted by Crippen LogP contribution is 2.35. The van der Waals surface area contributed by atoms with E-state index < -0.39 is 36.4 Å². The number of halogens is 2. The van der Waals surface area contributed by atoms with E-state index in [2.05, 4.69) is 15.0 Å². The van der Waals surface area contributed by atoms with Crippen LogP contribution in [-0.4, -0.2) is 78.7 Å². The van der Waals surface area contributed by atoms with Gasteiger partial charge in [0.05, 0.1) is 6.61 Å². The molecule has 0 aliphatic carbocycles. The van der Waals surface area contributed by atoms with Crippen molar-refractivity contribution in [1.29, 1.82) is 0 Å². The number of hydrogen-bond donors (Lipinski definition) is 5. The van der Waals surface area contributed by atoms with Gasteiger partial charge in [0.2, 0.25) is 5.85 Å². The third kappa shape index (κ3) is 3.37. The largest absolute Gasteiger partial charge is 0.394 e. The first-order valence-electron chi connectivity index (χ1n) is 8.82. The maximum Gasteiger partial charge on any atom is 0.228 e. The van der Waals surface area contributed by atoms with Crippen LogP contribution in [0.15, 0.2) is 39.2 Å². The Hall–Kier alpha value is -1.55. The number of rotatable bonds is 4. The van der Waals surface area contributed by atoms with Gasteiger partial charge in [0.15, 0.2) is 15.3 Å². The first-order chi connectivity index (χ1) is 13.7. The van der Waals surface area contributed by atoms with Gasteiger partial charge in [-0.1, -0.05) is 12.1 Å². The molecule has 156 valence electrons. The molecule has 5 atom stereocenters. The van der Waals surface area contributed by atoms with Gasteiger partial charge in [-0.2, -0.15) is 0 Å². The molecule has 1 aromatic carbocycles. The second-order valence-electron chi connectivity index (χ2n) is 7.15. The van der Waals surface area contributed by atoms with E-state index in [9.17, 15) is 19.7 Å². The molecule has 1 unspecified atom stereocenters. The Balaban J connectivity index is 1.65. The summed E-state index contributed by atoms with van der Waals surface area (Å²) in [5.41, 5.74) is 12.6. The van der Waals surface area contributed by atoms with Crippen LogP contribution in [0.4, 0.5) is 4.39 Å². The van der Waals surface area contributed by atoms with E-state index in [1.807, 2.05) is 22.6 Å². The van der Waals surface area contributed by atoms with Crippen molar-refractivity contribution in [3.63, 3.8) is 0 Å². The minimum absolute atomic E-state index is 0.0333. The van der Waals surface area contributed by atoms with Crippen LogP contribution >= 0.6 is 22.6 Å². The molecule has 0 radical (unpaired) electrons. The van der Waals surface area contributed by atoms with Crippen LogP contribution in [0.3, 0.4) is 0 Å². The highest BCUT2D eigenvalue weighted by Gasteiger charge is 2.59. The predicted octanol–water partition coefficient (Wildman–Crippen LogP) is -1.33. The zero-order chi connectivity index (χ0) is 21.0. The first kappa shape index (κ1) is 20.7. The SMILES string of the molecule is NC1(Cc2ccc(F)cc2)N=C(I)N=C2C1=NCN2[C@]1(N)O[C@H](CO)[C@@H](O)[C@H]1O. The van der Waals surface area contributed by atoms with Gasteiger partial charge in [-0.15, -0.1) is 0 Å². The first-order valence-corrected chi connectivity index (χ1v) is 9.90. The molecule has 29 heavy (non-hydrogen) atoms. The van der Waals surface area contributed by atoms with Gasteiger partial charge < -0.3 is 25.8 Å². The number of fused-ring (bicyclic) bond motifs is 1. The van der Waals surface area contributed by atoms with E-state index in [0.717, 1.165) is 5.56 Å². The van der Waals surface area contributed by atoms with Crippen molar-refractivity contribution in [1.82, 2.24) is 4.90 Å². The Labute approximate surface area is 178 Å². The fraction of sp³-hybridized carbons (Fsp3) is 0.471. The molecular formula is C17H20FIN6O4. The summed E-state index contributed by atoms with van der Waals surface area (Å²) >= 11 is 1.91. The molecule has 4 rings (SSSR count). The standard InChI is InChI=1S/C17H20FIN6O4/c18-9-3-1-8(2-4-9)5-16(20)12-14(23-15(19)24-16)25(7-22-12)17(21)13(28)11(27)10(6-26)29-17/h1-4,10-11,13,26-28H,5-7,20-21H2/t10-,11-,13-,16?,17+/m1/s1. The smallest absolute Gasteiger partial charge is 0.228 e. The summed E-state index contributed by atoms with van der Waals surface area (Å²) in [6.45, 7) is -0.552. The molecule has 7 N–H and O–H groups in total. The summed E-state index contributed by atoms with van der Waals surface area (Å²) in [6.07, 6.45) is -3.72. The van der Waals surface area contributed by atoms with Crippen molar-refractivity contribution in [2.75, 3.05) is 13.3 Å². The Morgan fingerprint density at radius 3 is 2.59 bits per heavy atom. The number of ether oxygens (including phenoxy) is 1. The molecule has 3 aliphatic rings. The van der Waals surface area contributed by atoms with E-state index in [4.69, 9.17) is 16.2 Å². The number of nitrogens with two attached hydrogens (primary N) is 2. The van der Waals surface area contributed by atoms with E-state index in [1.54, 1.807) is 12.1 Å². The van der Waals surface area contributed by atoms with E-state index in [-0.39, 0.29) is 24.7 Å². The minimum Gasteiger partial charge on any atom is -0.394 e. The number of nitrogens with zero attached hydrogens (tertiary/aromatic N) is 4. The maximum atomic E-state index is 13.2. The maximum absolute atomic E-state index is 13.2. The molecule has 0 saturated carbocycles. The predicted molar refractivity (Wildman–Crippen MR) is 111 cm³/mol. The fourth-order valence-corrected chi connectivity index (χ4v) is 4.35. The van der Waals surface area contributed by atoms with Crippen molar-refractivity contribution >= 4 is 38.0 Å². The lowest BCUT2D eigenvalue weighted by atomic mass is 9.94. The summed E-state index contributed by atoms with van der Waals surface area (Å²) in [4.78, 5) is 14.6. The minimum atomic E-state index is -1.86. The van der Waals surface area contributed by atoms with Crippen LogP contribution in [0.5, 0.6) is 0 Å². The number of aliphatic hydroxyl groups is 3. The number of benzene rings is 1. The summed E-state index contributed by atoms with van der Waals surface area (Å²) < 4.78 is 19.1. The lowest BCUT2D eigenvalue weighted by molar-refractivity contribution is -0.156. The molecule has 1 fully saturated rings. The number of hydrogen-bond acceptors (Lipinski definition) is 10. The number of amidine groups is 2. The number of aliphatic hydroxyl groups excluding tert-OH is 3. The molecule has 10 nitrogen and oxygen atoms in total. The molecular weight excluding hydrogens is 498 g/mol. The molecule has 3 aliphatic heterocycles. The molecule has 1 aromatic rings. The van der Waals surface area contributed by atoms with Crippen LogP contribution in [0.2, 0.25) is 0 Å². The monoisotopic (exact) mass is 518 g/mol. The van der Waals surface area contributed by atoms with Gasteiger partial charge in [-0.05, 0) is 17.7 Å². The second-order valence-corrected chi connectivity index (χ2v) is 8.11. The third-order valence-corrected chi connectivity index (χ3v) is 5.68. The number of aliphatic imine (C=N–C) groups is 3. The van der Waals surface area contributed by atoms with Crippen molar-refractivity contribution < 1.29 is 24.4 Å². The van der Waals surface area contributed by atoms with Crippen LogP contribution in [0.1, 0.15) is 5.56 Å². The highest BCUT2D eigenvalue weighted by molar-refractivity contribution is 14.1. The summed E-state index contributed by atoms with van der Waals surface area (Å²) in [7, 11) is 0. The zero-order valence-corrected chi connectivity index (χ0v) is 17.3. The Morgan fingerprint density at radius 1 is 1.28 bits per heavy atom. The molecule has 0 spiro atoms. The van der Waals surface area contributed by atoms with E-state index >= 15 is 0 Å². The van der Waals surface area contributed by atoms with Gasteiger partial charge in [0.1, 0.15) is 36.5 Å². The van der Waals surface area contributed by atoms with Gasteiger partial charge in [0.25, 0.3) is 0 Å². The van der Waals surface area contributed by atoms with Gasteiger partial charge in [-0.25, -0.2) is 14.4 Å². The lowest BCUT2D eigenvalue weighted by Gasteiger charge is -2.39. The Kier molecular flexibility index (Phi) is 5.21. The summed E-state index contributed by atoms with van der Waals surface area (Å²) in [6, 6.07) is 5.90. The second kappa shape index (κ2) is 7.30. The highest BCUT2D eigenvalue weighted by atomic mass is 127. The van der Waals surface area contributed by atoms with Gasteiger partial charge in [-0.3, -0.25) is 15.6 Å². The topological polar surface area (TPSA) is 162 Å². The van der Waals surface area contributed by atoms with Crippen molar-refractivity contribution in [2.45, 2.75) is 36.2 Å². The lowest BCUT2D eigenvalue weighted by Crippen LogP contribution is -2.66. The van der Waals surface area contributed by atoms with Crippen molar-refractivity contribution in [2.24, 2.45) is 26.4 Å². The van der Waals surface area contributed by atoms with E-state index in [1.165, 1.54) is 17.0 Å². The summed E-state index contributed by atoms with van der Waals surface area (Å²) in [5.74, 6) is -1.95. The third-order valence-electron chi connectivity index (χ3n) is 5.19. The van der Waals surface area contributed by atoms with Gasteiger partial charge in [0, 0.05) is 29.0 Å². The molecule has 3 heterocycles. The van der Waals surface area contributed by atoms with Gasteiger partial charge >= 0.3 is 0 Å². The van der Waals surface area contributed by atoms with Crippen LogP contribution in [0.25, 0.3) is 0 Å². The zero-order valence-electron chi connectivity index (χ0n) is 15.1. The quantitative estimate of drug-likeness (QED) is 0.244. The van der Waals surface area contributed by atoms with Crippen LogP contribution in [-0.2, 0) is 11.2 Å². The normalized spacial score (nSPS) is 36.6. The molecule has 0 amide bonds. The van der Waals surface area contributed by atoms with Crippen molar-refractivity contribution in [3.8, 4) is 0 Å². The Bertz CT molecular complexity index is 912. The average Bonchev–Trinajstić information content (AvgIpc) is 3.20. The molecule has 0 bridgehead atoms. The van der Waals surface area contributed by atoms with Crippen LogP contribution < -0.4 is 11.5 Å². The fourth-order valence-electron chi connectivity index (χ4n) is 3.69. The average molecular weight is 518 g/mol. The molecule has 0 aromatic heterocycles.